The molecule has 0 amide bonds. The molecule has 0 heterocycles. The summed E-state index contributed by atoms with van der Waals surface area (Å²) in [6.45, 7) is 1.17. The number of alkyl halides is 5. The van der Waals surface area contributed by atoms with Crippen LogP contribution in [0.15, 0.2) is 0 Å². The summed E-state index contributed by atoms with van der Waals surface area (Å²) in [5, 5.41) is 0. The average Bonchev–Trinajstić information content (AvgIpc) is 2.14. The lowest BCUT2D eigenvalue weighted by molar-refractivity contribution is -0.178. The molecule has 1 nitrogen and oxygen atoms in total. The first-order valence-electron chi connectivity index (χ1n) is 5.12. The lowest BCUT2D eigenvalue weighted by Crippen LogP contribution is -2.36. The summed E-state index contributed by atoms with van der Waals surface area (Å²) in [6, 6.07) is 0. The first-order valence-corrected chi connectivity index (χ1v) is 5.12. The molecule has 0 N–H and O–H groups in total. The van der Waals surface area contributed by atoms with Crippen molar-refractivity contribution in [2.45, 2.75) is 44.7 Å². The highest BCUT2D eigenvalue weighted by molar-refractivity contribution is 5.86. The van der Waals surface area contributed by atoms with Crippen LogP contribution in [0.25, 0.3) is 0 Å². The molecule has 0 saturated heterocycles. The Balaban J connectivity index is 2.57. The van der Waals surface area contributed by atoms with Crippen LogP contribution in [0.5, 0.6) is 0 Å². The van der Waals surface area contributed by atoms with Gasteiger partial charge >= 0.3 is 6.18 Å². The minimum absolute atomic E-state index is 0.0179. The fourth-order valence-electron chi connectivity index (χ4n) is 2.03. The van der Waals surface area contributed by atoms with E-state index in [-0.39, 0.29) is 12.8 Å². The smallest absolute Gasteiger partial charge is 0.289 e. The van der Waals surface area contributed by atoms with E-state index in [2.05, 4.69) is 0 Å². The molecule has 1 atom stereocenters. The molecule has 1 fully saturated rings. The summed E-state index contributed by atoms with van der Waals surface area (Å²) < 4.78 is 61.9. The fourth-order valence-corrected chi connectivity index (χ4v) is 2.03. The molecule has 1 aliphatic rings. The molecule has 0 aromatic heterocycles. The largest absolute Gasteiger partial charge is 0.450 e. The van der Waals surface area contributed by atoms with Gasteiger partial charge in [-0.3, -0.25) is 4.79 Å². The van der Waals surface area contributed by atoms with Crippen molar-refractivity contribution in [3.63, 3.8) is 0 Å². The van der Waals surface area contributed by atoms with E-state index in [4.69, 9.17) is 0 Å². The Morgan fingerprint density at radius 2 is 1.69 bits per heavy atom. The summed E-state index contributed by atoms with van der Waals surface area (Å²) in [5.41, 5.74) is 0. The van der Waals surface area contributed by atoms with Gasteiger partial charge in [0.15, 0.2) is 0 Å². The molecule has 6 heteroatoms. The zero-order valence-corrected chi connectivity index (χ0v) is 8.78. The Kier molecular flexibility index (Phi) is 3.59. The van der Waals surface area contributed by atoms with Crippen LogP contribution in [0, 0.1) is 11.8 Å². The van der Waals surface area contributed by atoms with E-state index < -0.39 is 42.6 Å². The maximum atomic E-state index is 12.8. The van der Waals surface area contributed by atoms with Crippen LogP contribution >= 0.6 is 0 Å². The molecule has 0 spiro atoms. The normalized spacial score (nSPS) is 24.1. The molecular formula is C10H13F5O. The van der Waals surface area contributed by atoms with Gasteiger partial charge < -0.3 is 0 Å². The summed E-state index contributed by atoms with van der Waals surface area (Å²) in [6.07, 6.45) is -5.74. The van der Waals surface area contributed by atoms with Gasteiger partial charge in [-0.25, -0.2) is 8.78 Å². The zero-order valence-electron chi connectivity index (χ0n) is 8.78. The Bertz CT molecular complexity index is 261. The van der Waals surface area contributed by atoms with Crippen molar-refractivity contribution < 1.29 is 26.7 Å². The Morgan fingerprint density at radius 3 is 2.06 bits per heavy atom. The fraction of sp³-hybridized carbons (Fsp3) is 0.900. The molecule has 94 valence electrons. The lowest BCUT2D eigenvalue weighted by Gasteiger charge is -2.31. The van der Waals surface area contributed by atoms with Crippen molar-refractivity contribution in [3.05, 3.63) is 0 Å². The Labute approximate surface area is 90.0 Å². The highest BCUT2D eigenvalue weighted by Crippen LogP contribution is 2.40. The van der Waals surface area contributed by atoms with Gasteiger partial charge in [0.1, 0.15) is 0 Å². The number of hydrogen-bond acceptors (Lipinski definition) is 1. The first-order chi connectivity index (χ1) is 7.13. The van der Waals surface area contributed by atoms with E-state index >= 15 is 0 Å². The molecule has 1 unspecified atom stereocenters. The molecule has 0 aromatic carbocycles. The molecule has 0 aliphatic heterocycles. The Morgan fingerprint density at radius 1 is 1.25 bits per heavy atom. The topological polar surface area (TPSA) is 17.1 Å². The van der Waals surface area contributed by atoms with E-state index in [1.165, 1.54) is 6.92 Å². The SMILES string of the molecule is CC(C(=O)C(F)(F)F)C1CCC(F)(F)CC1. The van der Waals surface area contributed by atoms with Crippen molar-refractivity contribution in [1.29, 1.82) is 0 Å². The predicted molar refractivity (Wildman–Crippen MR) is 47.1 cm³/mol. The number of carbonyl (C=O) groups is 1. The molecule has 1 rings (SSSR count). The third-order valence-corrected chi connectivity index (χ3v) is 3.16. The van der Waals surface area contributed by atoms with Crippen LogP contribution in [0.4, 0.5) is 22.0 Å². The standard InChI is InChI=1S/C10H13F5O/c1-6(8(16)10(13,14)15)7-2-4-9(11,12)5-3-7/h6-7H,2-5H2,1H3. The second-order valence-corrected chi connectivity index (χ2v) is 4.34. The van der Waals surface area contributed by atoms with Crippen molar-refractivity contribution in [2.75, 3.05) is 0 Å². The van der Waals surface area contributed by atoms with E-state index in [1.807, 2.05) is 0 Å². The van der Waals surface area contributed by atoms with Crippen LogP contribution in [0.1, 0.15) is 32.6 Å². The van der Waals surface area contributed by atoms with Gasteiger partial charge in [0.25, 0.3) is 0 Å². The number of Topliss-reactive ketones (excluding diaryl/α,β-unsaturated/α-hetero) is 1. The zero-order chi connectivity index (χ0) is 12.6. The summed E-state index contributed by atoms with van der Waals surface area (Å²) in [4.78, 5) is 10.9. The molecule has 16 heavy (non-hydrogen) atoms. The average molecular weight is 244 g/mol. The first kappa shape index (κ1) is 13.4. The highest BCUT2D eigenvalue weighted by atomic mass is 19.4. The maximum absolute atomic E-state index is 12.8. The predicted octanol–water partition coefficient (Wildman–Crippen LogP) is 3.58. The summed E-state index contributed by atoms with van der Waals surface area (Å²) in [5.74, 6) is -6.37. The summed E-state index contributed by atoms with van der Waals surface area (Å²) in [7, 11) is 0. The van der Waals surface area contributed by atoms with E-state index in [1.54, 1.807) is 0 Å². The quantitative estimate of drug-likeness (QED) is 0.678. The van der Waals surface area contributed by atoms with Gasteiger partial charge in [0, 0.05) is 18.8 Å². The van der Waals surface area contributed by atoms with Crippen LogP contribution in [-0.4, -0.2) is 17.9 Å². The molecule has 0 aromatic rings. The van der Waals surface area contributed by atoms with E-state index in [0.29, 0.717) is 0 Å². The lowest BCUT2D eigenvalue weighted by atomic mass is 9.77. The number of rotatable bonds is 2. The van der Waals surface area contributed by atoms with Gasteiger partial charge in [-0.15, -0.1) is 0 Å². The minimum Gasteiger partial charge on any atom is -0.289 e. The van der Waals surface area contributed by atoms with Crippen LogP contribution in [0.2, 0.25) is 0 Å². The third-order valence-electron chi connectivity index (χ3n) is 3.16. The van der Waals surface area contributed by atoms with Crippen molar-refractivity contribution in [3.8, 4) is 0 Å². The van der Waals surface area contributed by atoms with Gasteiger partial charge in [0.2, 0.25) is 11.7 Å². The van der Waals surface area contributed by atoms with Gasteiger partial charge in [-0.2, -0.15) is 13.2 Å². The second kappa shape index (κ2) is 4.30. The van der Waals surface area contributed by atoms with Crippen molar-refractivity contribution in [2.24, 2.45) is 11.8 Å². The molecule has 0 radical (unpaired) electrons. The number of halogens is 5. The second-order valence-electron chi connectivity index (χ2n) is 4.34. The maximum Gasteiger partial charge on any atom is 0.450 e. The third kappa shape index (κ3) is 3.15. The van der Waals surface area contributed by atoms with E-state index in [0.717, 1.165) is 0 Å². The highest BCUT2D eigenvalue weighted by Gasteiger charge is 2.46. The Hall–Kier alpha value is -0.680. The van der Waals surface area contributed by atoms with Crippen LogP contribution in [0.3, 0.4) is 0 Å². The van der Waals surface area contributed by atoms with Crippen LogP contribution in [-0.2, 0) is 4.79 Å². The van der Waals surface area contributed by atoms with E-state index in [9.17, 15) is 26.7 Å². The number of hydrogen-bond donors (Lipinski definition) is 0. The van der Waals surface area contributed by atoms with Crippen LogP contribution < -0.4 is 0 Å². The number of carbonyl (C=O) groups excluding carboxylic acids is 1. The van der Waals surface area contributed by atoms with Gasteiger partial charge in [-0.05, 0) is 18.8 Å². The summed E-state index contributed by atoms with van der Waals surface area (Å²) >= 11 is 0. The molecule has 0 bridgehead atoms. The van der Waals surface area contributed by atoms with Gasteiger partial charge in [-0.1, -0.05) is 6.92 Å². The molecule has 1 saturated carbocycles. The van der Waals surface area contributed by atoms with Crippen molar-refractivity contribution >= 4 is 5.78 Å². The van der Waals surface area contributed by atoms with Crippen molar-refractivity contribution in [1.82, 2.24) is 0 Å². The van der Waals surface area contributed by atoms with Gasteiger partial charge in [0.05, 0.1) is 0 Å². The monoisotopic (exact) mass is 244 g/mol. The minimum atomic E-state index is -4.86. The molecular weight excluding hydrogens is 231 g/mol. The number of ketones is 1. The molecule has 1 aliphatic carbocycles.